The first-order chi connectivity index (χ1) is 7.77. The fourth-order valence-electron chi connectivity index (χ4n) is 2.22. The fourth-order valence-corrected chi connectivity index (χ4v) is 2.53. The van der Waals surface area contributed by atoms with Crippen molar-refractivity contribution < 1.29 is 0 Å². The predicted molar refractivity (Wildman–Crippen MR) is 70.3 cm³/mol. The van der Waals surface area contributed by atoms with Crippen LogP contribution in [0.5, 0.6) is 0 Å². The van der Waals surface area contributed by atoms with E-state index in [9.17, 15) is 0 Å². The minimum Gasteiger partial charge on any atom is -0.367 e. The summed E-state index contributed by atoms with van der Waals surface area (Å²) in [5.74, 6) is 0. The molecule has 0 amide bonds. The summed E-state index contributed by atoms with van der Waals surface area (Å²) in [4.78, 5) is 2.42. The van der Waals surface area contributed by atoms with Crippen LogP contribution in [0.4, 0.5) is 5.69 Å². The highest BCUT2D eigenvalue weighted by Gasteiger charge is 2.30. The molecule has 1 fully saturated rings. The molecule has 0 spiro atoms. The minimum absolute atomic E-state index is 0.676. The van der Waals surface area contributed by atoms with Crippen LogP contribution >= 0.6 is 11.6 Å². The lowest BCUT2D eigenvalue weighted by molar-refractivity contribution is 0.813. The molecule has 2 rings (SSSR count). The van der Waals surface area contributed by atoms with E-state index < -0.39 is 0 Å². The molecule has 1 saturated carbocycles. The fraction of sp³-hybridized carbons (Fsp3) is 0.538. The molecule has 0 atom stereocenters. The molecular weight excluding hydrogens is 220 g/mol. The highest BCUT2D eigenvalue weighted by atomic mass is 35.5. The Balaban J connectivity index is 2.34. The van der Waals surface area contributed by atoms with Gasteiger partial charge in [-0.25, -0.2) is 0 Å². The van der Waals surface area contributed by atoms with E-state index in [1.807, 2.05) is 12.1 Å². The summed E-state index contributed by atoms with van der Waals surface area (Å²) in [7, 11) is 0. The van der Waals surface area contributed by atoms with Gasteiger partial charge in [0.2, 0.25) is 0 Å². The second kappa shape index (κ2) is 5.07. The van der Waals surface area contributed by atoms with Gasteiger partial charge >= 0.3 is 0 Å². The molecule has 0 unspecified atom stereocenters. The molecule has 1 aliphatic rings. The first-order valence-corrected chi connectivity index (χ1v) is 6.39. The van der Waals surface area contributed by atoms with Crippen LogP contribution < -0.4 is 10.6 Å². The van der Waals surface area contributed by atoms with Gasteiger partial charge in [-0.05, 0) is 44.4 Å². The Hall–Kier alpha value is -0.730. The third-order valence-electron chi connectivity index (χ3n) is 3.10. The highest BCUT2D eigenvalue weighted by Crippen LogP contribution is 2.37. The summed E-state index contributed by atoms with van der Waals surface area (Å²) in [6, 6.07) is 6.82. The van der Waals surface area contributed by atoms with Crippen LogP contribution in [-0.4, -0.2) is 19.1 Å². The van der Waals surface area contributed by atoms with Gasteiger partial charge in [-0.2, -0.15) is 0 Å². The van der Waals surface area contributed by atoms with Crippen LogP contribution in [0.2, 0.25) is 5.02 Å². The average Bonchev–Trinajstić information content (AvgIpc) is 3.07. The first-order valence-electron chi connectivity index (χ1n) is 6.02. The van der Waals surface area contributed by atoms with E-state index >= 15 is 0 Å². The maximum atomic E-state index is 6.33. The van der Waals surface area contributed by atoms with Crippen molar-refractivity contribution in [1.29, 1.82) is 0 Å². The van der Waals surface area contributed by atoms with Gasteiger partial charge in [0.15, 0.2) is 0 Å². The number of nitrogens with zero attached hydrogens (tertiary/aromatic N) is 1. The van der Waals surface area contributed by atoms with Gasteiger partial charge in [-0.3, -0.25) is 0 Å². The maximum Gasteiger partial charge on any atom is 0.0642 e. The molecule has 0 saturated heterocycles. The zero-order chi connectivity index (χ0) is 11.5. The summed E-state index contributed by atoms with van der Waals surface area (Å²) >= 11 is 6.33. The Bertz CT molecular complexity index is 361. The Kier molecular flexibility index (Phi) is 3.72. The van der Waals surface area contributed by atoms with Crippen molar-refractivity contribution >= 4 is 17.3 Å². The van der Waals surface area contributed by atoms with E-state index in [4.69, 9.17) is 17.3 Å². The summed E-state index contributed by atoms with van der Waals surface area (Å²) in [6.07, 6.45) is 3.49. The van der Waals surface area contributed by atoms with Gasteiger partial charge in [-0.1, -0.05) is 23.7 Å². The number of para-hydroxylation sites is 1. The summed E-state index contributed by atoms with van der Waals surface area (Å²) in [6.45, 7) is 3.88. The molecule has 1 aromatic rings. The van der Waals surface area contributed by atoms with Crippen molar-refractivity contribution in [3.8, 4) is 0 Å². The number of nitrogens with two attached hydrogens (primary N) is 1. The van der Waals surface area contributed by atoms with Crippen LogP contribution in [0, 0.1) is 0 Å². The SMILES string of the molecule is CCN(c1c(Cl)cccc1CCN)C1CC1. The summed E-state index contributed by atoms with van der Waals surface area (Å²) in [5, 5.41) is 0.861. The Labute approximate surface area is 102 Å². The molecule has 1 aromatic carbocycles. The molecule has 2 nitrogen and oxygen atoms in total. The summed E-state index contributed by atoms with van der Waals surface area (Å²) < 4.78 is 0. The predicted octanol–water partition coefficient (Wildman–Crippen LogP) is 2.83. The lowest BCUT2D eigenvalue weighted by Gasteiger charge is -2.26. The number of benzene rings is 1. The van der Waals surface area contributed by atoms with E-state index in [1.54, 1.807) is 0 Å². The number of halogens is 1. The number of hydrogen-bond donors (Lipinski definition) is 1. The van der Waals surface area contributed by atoms with Gasteiger partial charge < -0.3 is 10.6 Å². The topological polar surface area (TPSA) is 29.3 Å². The zero-order valence-corrected chi connectivity index (χ0v) is 10.5. The second-order valence-electron chi connectivity index (χ2n) is 4.30. The molecule has 0 radical (unpaired) electrons. The van der Waals surface area contributed by atoms with Gasteiger partial charge in [0.25, 0.3) is 0 Å². The van der Waals surface area contributed by atoms with Crippen molar-refractivity contribution in [3.63, 3.8) is 0 Å². The highest BCUT2D eigenvalue weighted by molar-refractivity contribution is 6.33. The minimum atomic E-state index is 0.676. The van der Waals surface area contributed by atoms with Crippen molar-refractivity contribution in [2.45, 2.75) is 32.2 Å². The standard InChI is InChI=1S/C13H19ClN2/c1-2-16(11-6-7-11)13-10(8-9-15)4-3-5-12(13)14/h3-5,11H,2,6-9,15H2,1H3. The largest absolute Gasteiger partial charge is 0.367 e. The van der Waals surface area contributed by atoms with Crippen LogP contribution in [0.25, 0.3) is 0 Å². The van der Waals surface area contributed by atoms with Gasteiger partial charge in [0.05, 0.1) is 10.7 Å². The maximum absolute atomic E-state index is 6.33. The molecule has 1 aliphatic carbocycles. The molecule has 16 heavy (non-hydrogen) atoms. The van der Waals surface area contributed by atoms with Crippen LogP contribution in [-0.2, 0) is 6.42 Å². The van der Waals surface area contributed by atoms with E-state index in [2.05, 4.69) is 17.9 Å². The van der Waals surface area contributed by atoms with Crippen molar-refractivity contribution in [2.75, 3.05) is 18.0 Å². The second-order valence-corrected chi connectivity index (χ2v) is 4.71. The lowest BCUT2D eigenvalue weighted by Crippen LogP contribution is -2.27. The molecule has 0 aromatic heterocycles. The Morgan fingerprint density at radius 2 is 2.19 bits per heavy atom. The van der Waals surface area contributed by atoms with E-state index in [0.29, 0.717) is 12.6 Å². The third kappa shape index (κ3) is 2.33. The third-order valence-corrected chi connectivity index (χ3v) is 3.40. The molecule has 3 heteroatoms. The van der Waals surface area contributed by atoms with Crippen molar-refractivity contribution in [1.82, 2.24) is 0 Å². The van der Waals surface area contributed by atoms with Gasteiger partial charge in [0, 0.05) is 12.6 Å². The first kappa shape index (κ1) is 11.7. The van der Waals surface area contributed by atoms with E-state index in [-0.39, 0.29) is 0 Å². The Morgan fingerprint density at radius 1 is 1.44 bits per heavy atom. The van der Waals surface area contributed by atoms with Crippen LogP contribution in [0.3, 0.4) is 0 Å². The van der Waals surface area contributed by atoms with Gasteiger partial charge in [0.1, 0.15) is 0 Å². The van der Waals surface area contributed by atoms with Gasteiger partial charge in [-0.15, -0.1) is 0 Å². The number of hydrogen-bond acceptors (Lipinski definition) is 2. The zero-order valence-electron chi connectivity index (χ0n) is 9.75. The van der Waals surface area contributed by atoms with E-state index in [1.165, 1.54) is 24.1 Å². The molecule has 88 valence electrons. The lowest BCUT2D eigenvalue weighted by atomic mass is 10.1. The monoisotopic (exact) mass is 238 g/mol. The number of rotatable bonds is 5. The average molecular weight is 239 g/mol. The number of anilines is 1. The molecule has 0 heterocycles. The van der Waals surface area contributed by atoms with E-state index in [0.717, 1.165) is 18.0 Å². The van der Waals surface area contributed by atoms with Crippen molar-refractivity contribution in [3.05, 3.63) is 28.8 Å². The molecule has 2 N–H and O–H groups in total. The normalized spacial score (nSPS) is 15.2. The molecule has 0 aliphatic heterocycles. The Morgan fingerprint density at radius 3 is 2.75 bits per heavy atom. The smallest absolute Gasteiger partial charge is 0.0642 e. The quantitative estimate of drug-likeness (QED) is 0.855. The van der Waals surface area contributed by atoms with Crippen LogP contribution in [0.1, 0.15) is 25.3 Å². The molecular formula is C13H19ClN2. The van der Waals surface area contributed by atoms with Crippen molar-refractivity contribution in [2.24, 2.45) is 5.73 Å². The van der Waals surface area contributed by atoms with Crippen LogP contribution in [0.15, 0.2) is 18.2 Å². The molecule has 0 bridgehead atoms. The summed E-state index contributed by atoms with van der Waals surface area (Å²) in [5.41, 5.74) is 8.14.